The van der Waals surface area contributed by atoms with Crippen molar-refractivity contribution in [2.75, 3.05) is 0 Å². The predicted octanol–water partition coefficient (Wildman–Crippen LogP) is 2.99. The molecule has 0 aromatic heterocycles. The third-order valence-electron chi connectivity index (χ3n) is 5.94. The Morgan fingerprint density at radius 3 is 2.25 bits per heavy atom. The zero-order valence-electron chi connectivity index (χ0n) is 16.7. The van der Waals surface area contributed by atoms with Crippen LogP contribution in [0.15, 0.2) is 48.5 Å². The summed E-state index contributed by atoms with van der Waals surface area (Å²) in [6.45, 7) is 0. The van der Waals surface area contributed by atoms with Gasteiger partial charge in [0.2, 0.25) is 0 Å². The minimum Gasteiger partial charge on any atom is -0.508 e. The number of phenols is 4. The van der Waals surface area contributed by atoms with Crippen LogP contribution in [0.25, 0.3) is 0 Å². The van der Waals surface area contributed by atoms with E-state index in [1.165, 1.54) is 36.4 Å². The van der Waals surface area contributed by atoms with Crippen molar-refractivity contribution in [2.24, 2.45) is 0 Å². The summed E-state index contributed by atoms with van der Waals surface area (Å²) in [6.07, 6.45) is -1.82. The Morgan fingerprint density at radius 2 is 1.53 bits per heavy atom. The molecular weight excluding hydrogens is 416 g/mol. The minimum atomic E-state index is -1.03. The van der Waals surface area contributed by atoms with Gasteiger partial charge in [0.05, 0.1) is 12.5 Å². The Morgan fingerprint density at radius 1 is 0.812 bits per heavy atom. The maximum Gasteiger partial charge on any atom is 0.312 e. The van der Waals surface area contributed by atoms with Crippen molar-refractivity contribution in [2.45, 2.75) is 31.0 Å². The van der Waals surface area contributed by atoms with Crippen LogP contribution < -0.4 is 9.47 Å². The van der Waals surface area contributed by atoms with Gasteiger partial charge in [0, 0.05) is 29.5 Å². The fourth-order valence-corrected chi connectivity index (χ4v) is 4.38. The second kappa shape index (κ2) is 7.35. The van der Waals surface area contributed by atoms with Gasteiger partial charge in [-0.05, 0) is 35.4 Å². The standard InChI is InChI=1S/C24H20O8/c25-13-4-1-11(2-5-13)14-9-21(30)31-20-10-17(27)15-8-19(29)23(32-24(15)22(14)20)12-3-6-16(26)18(28)7-12/h1-7,10,14,19,23,25-29H,8-9H2/t14-,19-,23-/m0/s1. The van der Waals surface area contributed by atoms with Gasteiger partial charge in [0.25, 0.3) is 0 Å². The fourth-order valence-electron chi connectivity index (χ4n) is 4.38. The lowest BCUT2D eigenvalue weighted by Crippen LogP contribution is -2.32. The molecule has 0 unspecified atom stereocenters. The summed E-state index contributed by atoms with van der Waals surface area (Å²) in [5.74, 6) is -1.17. The average Bonchev–Trinajstić information content (AvgIpc) is 2.75. The highest BCUT2D eigenvalue weighted by Crippen LogP contribution is 2.52. The Kier molecular flexibility index (Phi) is 4.60. The lowest BCUT2D eigenvalue weighted by Gasteiger charge is -2.36. The van der Waals surface area contributed by atoms with Crippen molar-refractivity contribution < 1.29 is 39.8 Å². The molecule has 8 heteroatoms. The molecule has 0 aliphatic carbocycles. The number of aromatic hydroxyl groups is 4. The zero-order valence-corrected chi connectivity index (χ0v) is 16.7. The zero-order chi connectivity index (χ0) is 22.6. The topological polar surface area (TPSA) is 137 Å². The van der Waals surface area contributed by atoms with Gasteiger partial charge in [-0.15, -0.1) is 0 Å². The van der Waals surface area contributed by atoms with Gasteiger partial charge in [0.15, 0.2) is 11.5 Å². The van der Waals surface area contributed by atoms with Crippen LogP contribution in [0, 0.1) is 0 Å². The molecular formula is C24H20O8. The number of carbonyl (C=O) groups excluding carboxylic acids is 1. The molecule has 164 valence electrons. The first kappa shape index (κ1) is 20.0. The summed E-state index contributed by atoms with van der Waals surface area (Å²) in [6, 6.07) is 11.9. The molecule has 5 rings (SSSR count). The summed E-state index contributed by atoms with van der Waals surface area (Å²) in [7, 11) is 0. The van der Waals surface area contributed by atoms with Gasteiger partial charge in [-0.25, -0.2) is 0 Å². The highest BCUT2D eigenvalue weighted by Gasteiger charge is 2.40. The number of aliphatic hydroxyl groups is 1. The van der Waals surface area contributed by atoms with Crippen molar-refractivity contribution in [1.82, 2.24) is 0 Å². The van der Waals surface area contributed by atoms with Crippen molar-refractivity contribution >= 4 is 5.97 Å². The smallest absolute Gasteiger partial charge is 0.312 e. The Labute approximate surface area is 182 Å². The van der Waals surface area contributed by atoms with Gasteiger partial charge < -0.3 is 35.0 Å². The lowest BCUT2D eigenvalue weighted by atomic mass is 9.82. The summed E-state index contributed by atoms with van der Waals surface area (Å²) >= 11 is 0. The number of fused-ring (bicyclic) bond motifs is 3. The van der Waals surface area contributed by atoms with Crippen LogP contribution in [0.1, 0.15) is 40.7 Å². The highest BCUT2D eigenvalue weighted by molar-refractivity contribution is 5.80. The fraction of sp³-hybridized carbons (Fsp3) is 0.208. The maximum atomic E-state index is 12.3. The first-order chi connectivity index (χ1) is 15.3. The number of phenolic OH excluding ortho intramolecular Hbond substituents is 4. The summed E-state index contributed by atoms with van der Waals surface area (Å²) in [5.41, 5.74) is 2.13. The largest absolute Gasteiger partial charge is 0.508 e. The molecule has 2 aliphatic rings. The van der Waals surface area contributed by atoms with E-state index in [4.69, 9.17) is 9.47 Å². The quantitative estimate of drug-likeness (QED) is 0.235. The molecule has 8 nitrogen and oxygen atoms in total. The van der Waals surface area contributed by atoms with E-state index in [2.05, 4.69) is 0 Å². The van der Waals surface area contributed by atoms with E-state index in [1.54, 1.807) is 12.1 Å². The van der Waals surface area contributed by atoms with E-state index in [0.29, 0.717) is 22.4 Å². The monoisotopic (exact) mass is 436 g/mol. The van der Waals surface area contributed by atoms with Gasteiger partial charge in [-0.2, -0.15) is 0 Å². The SMILES string of the molecule is O=C1C[C@@H](c2ccc(O)cc2)c2c(cc(O)c3c2O[C@@H](c2ccc(O)c(O)c2)[C@@H](O)C3)O1. The summed E-state index contributed by atoms with van der Waals surface area (Å²) in [4.78, 5) is 12.3. The van der Waals surface area contributed by atoms with Gasteiger partial charge in [0.1, 0.15) is 29.1 Å². The van der Waals surface area contributed by atoms with Gasteiger partial charge in [-0.3, -0.25) is 4.79 Å². The van der Waals surface area contributed by atoms with Crippen molar-refractivity contribution in [3.8, 4) is 34.5 Å². The molecule has 0 bridgehead atoms. The molecule has 3 aromatic carbocycles. The second-order valence-electron chi connectivity index (χ2n) is 8.00. The van der Waals surface area contributed by atoms with Crippen LogP contribution >= 0.6 is 0 Å². The molecule has 3 atom stereocenters. The number of benzene rings is 3. The number of aliphatic hydroxyl groups excluding tert-OH is 1. The van der Waals surface area contributed by atoms with Crippen LogP contribution in [0.3, 0.4) is 0 Å². The van der Waals surface area contributed by atoms with E-state index in [0.717, 1.165) is 5.56 Å². The first-order valence-corrected chi connectivity index (χ1v) is 10.1. The van der Waals surface area contributed by atoms with Crippen molar-refractivity contribution in [1.29, 1.82) is 0 Å². The molecule has 2 aliphatic heterocycles. The minimum absolute atomic E-state index is 0.0333. The Bertz CT molecular complexity index is 1220. The Hall–Kier alpha value is -3.91. The van der Waals surface area contributed by atoms with E-state index in [1.807, 2.05) is 0 Å². The molecule has 3 aromatic rings. The van der Waals surface area contributed by atoms with E-state index >= 15 is 0 Å². The lowest BCUT2D eigenvalue weighted by molar-refractivity contribution is -0.135. The number of hydrogen-bond acceptors (Lipinski definition) is 8. The van der Waals surface area contributed by atoms with E-state index in [9.17, 15) is 30.3 Å². The third-order valence-corrected chi connectivity index (χ3v) is 5.94. The average molecular weight is 436 g/mol. The second-order valence-corrected chi connectivity index (χ2v) is 8.00. The molecule has 0 saturated heterocycles. The molecule has 32 heavy (non-hydrogen) atoms. The van der Waals surface area contributed by atoms with Gasteiger partial charge in [-0.1, -0.05) is 18.2 Å². The molecule has 0 amide bonds. The number of rotatable bonds is 2. The molecule has 0 spiro atoms. The van der Waals surface area contributed by atoms with Crippen LogP contribution in [0.5, 0.6) is 34.5 Å². The highest BCUT2D eigenvalue weighted by atomic mass is 16.5. The van der Waals surface area contributed by atoms with Crippen molar-refractivity contribution in [3.63, 3.8) is 0 Å². The third kappa shape index (κ3) is 3.25. The van der Waals surface area contributed by atoms with Crippen LogP contribution in [0.4, 0.5) is 0 Å². The van der Waals surface area contributed by atoms with E-state index in [-0.39, 0.29) is 41.6 Å². The molecule has 0 fully saturated rings. The number of esters is 1. The summed E-state index contributed by atoms with van der Waals surface area (Å²) < 4.78 is 11.6. The predicted molar refractivity (Wildman–Crippen MR) is 111 cm³/mol. The summed E-state index contributed by atoms with van der Waals surface area (Å²) in [5, 5.41) is 50.4. The molecule has 2 heterocycles. The van der Waals surface area contributed by atoms with Crippen LogP contribution in [-0.4, -0.2) is 37.6 Å². The molecule has 0 radical (unpaired) electrons. The van der Waals surface area contributed by atoms with E-state index < -0.39 is 24.1 Å². The van der Waals surface area contributed by atoms with Gasteiger partial charge >= 0.3 is 5.97 Å². The van der Waals surface area contributed by atoms with Crippen molar-refractivity contribution in [3.05, 3.63) is 70.8 Å². The van der Waals surface area contributed by atoms with Crippen LogP contribution in [0.2, 0.25) is 0 Å². The normalized spacial score (nSPS) is 21.8. The van der Waals surface area contributed by atoms with Crippen LogP contribution in [-0.2, 0) is 11.2 Å². The number of hydrogen-bond donors (Lipinski definition) is 5. The first-order valence-electron chi connectivity index (χ1n) is 10.1. The maximum absolute atomic E-state index is 12.3. The number of carbonyl (C=O) groups is 1. The Balaban J connectivity index is 1.65. The molecule has 0 saturated carbocycles. The number of ether oxygens (including phenoxy) is 2. The molecule has 5 N–H and O–H groups in total.